The zero-order valence-corrected chi connectivity index (χ0v) is 8.36. The van der Waals surface area contributed by atoms with E-state index >= 15 is 0 Å². The van der Waals surface area contributed by atoms with Crippen LogP contribution < -0.4 is 0 Å². The summed E-state index contributed by atoms with van der Waals surface area (Å²) in [5.74, 6) is -0.821. The van der Waals surface area contributed by atoms with Gasteiger partial charge in [-0.1, -0.05) is 16.8 Å². The quantitative estimate of drug-likeness (QED) is 0.833. The molecule has 0 fully saturated rings. The number of carboxylic acids is 1. The molecule has 0 saturated carbocycles. The van der Waals surface area contributed by atoms with Crippen molar-refractivity contribution >= 4 is 16.9 Å². The monoisotopic (exact) mass is 205 g/mol. The zero-order valence-electron chi connectivity index (χ0n) is 8.36. The van der Waals surface area contributed by atoms with Gasteiger partial charge in [0.25, 0.3) is 0 Å². The SMILES string of the molecule is Cc1ccc2onc(CCC(=O)O)c2c1. The Bertz CT molecular complexity index is 502. The Morgan fingerprint density at radius 3 is 3.07 bits per heavy atom. The number of hydrogen-bond donors (Lipinski definition) is 1. The molecule has 0 aliphatic heterocycles. The fourth-order valence-electron chi connectivity index (χ4n) is 1.51. The van der Waals surface area contributed by atoms with Crippen molar-refractivity contribution in [2.45, 2.75) is 19.8 Å². The zero-order chi connectivity index (χ0) is 10.8. The molecule has 0 spiro atoms. The summed E-state index contributed by atoms with van der Waals surface area (Å²) in [6, 6.07) is 5.75. The fourth-order valence-corrected chi connectivity index (χ4v) is 1.51. The number of hydrogen-bond acceptors (Lipinski definition) is 3. The molecule has 4 nitrogen and oxygen atoms in total. The van der Waals surface area contributed by atoms with E-state index in [1.165, 1.54) is 0 Å². The second-order valence-electron chi connectivity index (χ2n) is 3.52. The average molecular weight is 205 g/mol. The number of carboxylic acid groups (broad SMARTS) is 1. The highest BCUT2D eigenvalue weighted by Crippen LogP contribution is 2.20. The van der Waals surface area contributed by atoms with Gasteiger partial charge in [-0.2, -0.15) is 0 Å². The Labute approximate surface area is 86.5 Å². The first-order valence-electron chi connectivity index (χ1n) is 4.73. The topological polar surface area (TPSA) is 63.3 Å². The maximum atomic E-state index is 10.4. The van der Waals surface area contributed by atoms with Crippen LogP contribution >= 0.6 is 0 Å². The molecule has 0 saturated heterocycles. The van der Waals surface area contributed by atoms with Crippen LogP contribution in [0.2, 0.25) is 0 Å². The van der Waals surface area contributed by atoms with Gasteiger partial charge < -0.3 is 9.63 Å². The highest BCUT2D eigenvalue weighted by molar-refractivity contribution is 5.80. The minimum absolute atomic E-state index is 0.0789. The van der Waals surface area contributed by atoms with Gasteiger partial charge >= 0.3 is 5.97 Å². The highest BCUT2D eigenvalue weighted by Gasteiger charge is 2.09. The number of fused-ring (bicyclic) bond motifs is 1. The third kappa shape index (κ3) is 1.98. The van der Waals surface area contributed by atoms with E-state index in [1.54, 1.807) is 0 Å². The summed E-state index contributed by atoms with van der Waals surface area (Å²) in [6.07, 6.45) is 0.487. The molecule has 2 aromatic rings. The summed E-state index contributed by atoms with van der Waals surface area (Å²) in [5.41, 5.74) is 2.54. The molecule has 0 bridgehead atoms. The maximum absolute atomic E-state index is 10.4. The average Bonchev–Trinajstić information content (AvgIpc) is 2.57. The third-order valence-electron chi connectivity index (χ3n) is 2.28. The van der Waals surface area contributed by atoms with Crippen molar-refractivity contribution in [3.8, 4) is 0 Å². The Morgan fingerprint density at radius 1 is 1.53 bits per heavy atom. The van der Waals surface area contributed by atoms with Crippen molar-refractivity contribution < 1.29 is 14.4 Å². The lowest BCUT2D eigenvalue weighted by Gasteiger charge is -1.94. The van der Waals surface area contributed by atoms with Gasteiger partial charge in [0, 0.05) is 11.8 Å². The van der Waals surface area contributed by atoms with Gasteiger partial charge in [-0.05, 0) is 19.1 Å². The van der Waals surface area contributed by atoms with Crippen LogP contribution in [0.3, 0.4) is 0 Å². The molecule has 2 rings (SSSR count). The standard InChI is InChI=1S/C11H11NO3/c1-7-2-4-10-8(6-7)9(12-15-10)3-5-11(13)14/h2,4,6H,3,5H2,1H3,(H,13,14). The molecule has 1 aromatic carbocycles. The third-order valence-corrected chi connectivity index (χ3v) is 2.28. The molecule has 0 aliphatic carbocycles. The number of nitrogens with zero attached hydrogens (tertiary/aromatic N) is 1. The predicted molar refractivity (Wildman–Crippen MR) is 54.7 cm³/mol. The van der Waals surface area contributed by atoms with Crippen LogP contribution in [0.1, 0.15) is 17.7 Å². The van der Waals surface area contributed by atoms with Crippen LogP contribution in [0.15, 0.2) is 22.7 Å². The van der Waals surface area contributed by atoms with Gasteiger partial charge in [-0.15, -0.1) is 0 Å². The van der Waals surface area contributed by atoms with Gasteiger partial charge in [0.15, 0.2) is 5.58 Å². The first-order valence-corrected chi connectivity index (χ1v) is 4.73. The maximum Gasteiger partial charge on any atom is 0.303 e. The molecule has 0 atom stereocenters. The second kappa shape index (κ2) is 3.73. The molecule has 78 valence electrons. The molecule has 0 unspecified atom stereocenters. The van der Waals surface area contributed by atoms with E-state index in [1.807, 2.05) is 25.1 Å². The minimum atomic E-state index is -0.821. The smallest absolute Gasteiger partial charge is 0.303 e. The van der Waals surface area contributed by atoms with Crippen LogP contribution in [-0.2, 0) is 11.2 Å². The number of rotatable bonds is 3. The van der Waals surface area contributed by atoms with Gasteiger partial charge in [-0.3, -0.25) is 4.79 Å². The van der Waals surface area contributed by atoms with Crippen LogP contribution in [-0.4, -0.2) is 16.2 Å². The lowest BCUT2D eigenvalue weighted by molar-refractivity contribution is -0.136. The minimum Gasteiger partial charge on any atom is -0.481 e. The molecule has 1 heterocycles. The number of aryl methyl sites for hydroxylation is 2. The Kier molecular flexibility index (Phi) is 2.41. The van der Waals surface area contributed by atoms with Gasteiger partial charge in [0.1, 0.15) is 0 Å². The molecule has 1 aromatic heterocycles. The molecule has 4 heteroatoms. The second-order valence-corrected chi connectivity index (χ2v) is 3.52. The van der Waals surface area contributed by atoms with E-state index < -0.39 is 5.97 Å². The van der Waals surface area contributed by atoms with Crippen molar-refractivity contribution in [2.24, 2.45) is 0 Å². The van der Waals surface area contributed by atoms with Crippen LogP contribution in [0, 0.1) is 6.92 Å². The van der Waals surface area contributed by atoms with E-state index in [4.69, 9.17) is 9.63 Å². The predicted octanol–water partition coefficient (Wildman–Crippen LogP) is 2.15. The number of carbonyl (C=O) groups is 1. The van der Waals surface area contributed by atoms with Crippen molar-refractivity contribution in [1.29, 1.82) is 0 Å². The first-order chi connectivity index (χ1) is 7.16. The summed E-state index contributed by atoms with van der Waals surface area (Å²) in [4.78, 5) is 10.4. The van der Waals surface area contributed by atoms with Gasteiger partial charge in [0.05, 0.1) is 12.1 Å². The lowest BCUT2D eigenvalue weighted by Crippen LogP contribution is -1.97. The largest absolute Gasteiger partial charge is 0.481 e. The molecule has 0 amide bonds. The number of aromatic nitrogens is 1. The summed E-state index contributed by atoms with van der Waals surface area (Å²) < 4.78 is 5.09. The fraction of sp³-hybridized carbons (Fsp3) is 0.273. The van der Waals surface area contributed by atoms with Gasteiger partial charge in [0.2, 0.25) is 0 Å². The summed E-state index contributed by atoms with van der Waals surface area (Å²) >= 11 is 0. The Morgan fingerprint density at radius 2 is 2.33 bits per heavy atom. The van der Waals surface area contributed by atoms with E-state index in [0.29, 0.717) is 12.0 Å². The van der Waals surface area contributed by atoms with E-state index in [-0.39, 0.29) is 6.42 Å². The molecular formula is C11H11NO3. The van der Waals surface area contributed by atoms with Crippen LogP contribution in [0.5, 0.6) is 0 Å². The van der Waals surface area contributed by atoms with Crippen LogP contribution in [0.4, 0.5) is 0 Å². The van der Waals surface area contributed by atoms with E-state index in [0.717, 1.165) is 16.6 Å². The van der Waals surface area contributed by atoms with Gasteiger partial charge in [-0.25, -0.2) is 0 Å². The molecular weight excluding hydrogens is 194 g/mol. The summed E-state index contributed by atoms with van der Waals surface area (Å²) in [5, 5.41) is 13.4. The van der Waals surface area contributed by atoms with Crippen LogP contribution in [0.25, 0.3) is 11.0 Å². The number of aliphatic carboxylic acids is 1. The molecule has 15 heavy (non-hydrogen) atoms. The Hall–Kier alpha value is -1.84. The van der Waals surface area contributed by atoms with Crippen molar-refractivity contribution in [3.63, 3.8) is 0 Å². The lowest BCUT2D eigenvalue weighted by atomic mass is 10.1. The van der Waals surface area contributed by atoms with Crippen molar-refractivity contribution in [2.75, 3.05) is 0 Å². The van der Waals surface area contributed by atoms with Crippen molar-refractivity contribution in [1.82, 2.24) is 5.16 Å². The summed E-state index contributed by atoms with van der Waals surface area (Å²) in [6.45, 7) is 1.98. The first kappa shape index (κ1) is 9.71. The van der Waals surface area contributed by atoms with E-state index in [2.05, 4.69) is 5.16 Å². The number of benzene rings is 1. The normalized spacial score (nSPS) is 10.7. The molecule has 1 N–H and O–H groups in total. The molecule has 0 radical (unpaired) electrons. The highest BCUT2D eigenvalue weighted by atomic mass is 16.5. The molecule has 0 aliphatic rings. The summed E-state index contributed by atoms with van der Waals surface area (Å²) in [7, 11) is 0. The Balaban J connectivity index is 2.35. The van der Waals surface area contributed by atoms with Crippen molar-refractivity contribution in [3.05, 3.63) is 29.5 Å². The van der Waals surface area contributed by atoms with E-state index in [9.17, 15) is 4.79 Å².